The number of amides is 2. The van der Waals surface area contributed by atoms with Gasteiger partial charge >= 0.3 is 12.1 Å². The van der Waals surface area contributed by atoms with Crippen molar-refractivity contribution < 1.29 is 33.0 Å². The Balaban J connectivity index is 1.95. The summed E-state index contributed by atoms with van der Waals surface area (Å²) >= 11 is 0. The van der Waals surface area contributed by atoms with Crippen molar-refractivity contribution in [2.45, 2.75) is 19.6 Å². The van der Waals surface area contributed by atoms with Crippen LogP contribution in [0.4, 0.5) is 9.18 Å². The molecule has 142 valence electrons. The van der Waals surface area contributed by atoms with Gasteiger partial charge in [0.05, 0.1) is 12.7 Å². The van der Waals surface area contributed by atoms with Crippen LogP contribution in [0.2, 0.25) is 0 Å². The topological polar surface area (TPSA) is 90.9 Å². The van der Waals surface area contributed by atoms with Gasteiger partial charge in [-0.15, -0.1) is 0 Å². The number of carbonyl (C=O) groups excluding carboxylic acids is 3. The van der Waals surface area contributed by atoms with Crippen LogP contribution in [0.25, 0.3) is 0 Å². The normalized spacial score (nSPS) is 11.2. The number of esters is 1. The van der Waals surface area contributed by atoms with Crippen molar-refractivity contribution in [2.24, 2.45) is 0 Å². The predicted octanol–water partition coefficient (Wildman–Crippen LogP) is 2.83. The third-order valence-electron chi connectivity index (χ3n) is 3.45. The summed E-state index contributed by atoms with van der Waals surface area (Å²) in [6, 6.07) is 12.0. The highest BCUT2D eigenvalue weighted by molar-refractivity contribution is 5.97. The third kappa shape index (κ3) is 6.10. The van der Waals surface area contributed by atoms with Crippen molar-refractivity contribution in [1.82, 2.24) is 5.32 Å². The smallest absolute Gasteiger partial charge is 0.413 e. The number of carbonyl (C=O) groups is 3. The van der Waals surface area contributed by atoms with Gasteiger partial charge in [0.25, 0.3) is 5.91 Å². The third-order valence-corrected chi connectivity index (χ3v) is 3.45. The molecule has 0 fully saturated rings. The predicted molar refractivity (Wildman–Crippen MR) is 92.6 cm³/mol. The molecule has 0 aliphatic heterocycles. The quantitative estimate of drug-likeness (QED) is 0.781. The van der Waals surface area contributed by atoms with Gasteiger partial charge in [-0.2, -0.15) is 0 Å². The molecule has 0 radical (unpaired) electrons. The van der Waals surface area contributed by atoms with Crippen LogP contribution in [-0.4, -0.2) is 31.2 Å². The van der Waals surface area contributed by atoms with Gasteiger partial charge in [-0.3, -0.25) is 10.1 Å². The molecule has 0 saturated carbocycles. The highest BCUT2D eigenvalue weighted by Crippen LogP contribution is 2.17. The second-order valence-corrected chi connectivity index (χ2v) is 5.47. The number of hydrogen-bond acceptors (Lipinski definition) is 6. The van der Waals surface area contributed by atoms with Gasteiger partial charge in [-0.05, 0) is 42.8 Å². The molecule has 8 heteroatoms. The first-order chi connectivity index (χ1) is 12.9. The summed E-state index contributed by atoms with van der Waals surface area (Å²) in [7, 11) is 1.11. The van der Waals surface area contributed by atoms with Crippen LogP contribution in [0.15, 0.2) is 48.5 Å². The number of ether oxygens (including phenoxy) is 3. The summed E-state index contributed by atoms with van der Waals surface area (Å²) in [5.74, 6) is -1.50. The van der Waals surface area contributed by atoms with Crippen LogP contribution >= 0.6 is 0 Å². The Kier molecular flexibility index (Phi) is 6.87. The summed E-state index contributed by atoms with van der Waals surface area (Å²) in [6.07, 6.45) is -2.14. The average Bonchev–Trinajstić information content (AvgIpc) is 2.67. The van der Waals surface area contributed by atoms with Gasteiger partial charge in [0.15, 0.2) is 6.10 Å². The van der Waals surface area contributed by atoms with E-state index < -0.39 is 24.1 Å². The fraction of sp³-hybridized carbons (Fsp3) is 0.211. The van der Waals surface area contributed by atoms with Crippen LogP contribution in [0.5, 0.6) is 5.75 Å². The Labute approximate surface area is 155 Å². The molecular weight excluding hydrogens is 357 g/mol. The van der Waals surface area contributed by atoms with Crippen molar-refractivity contribution in [3.63, 3.8) is 0 Å². The maximum absolute atomic E-state index is 12.9. The van der Waals surface area contributed by atoms with Crippen molar-refractivity contribution in [1.29, 1.82) is 0 Å². The van der Waals surface area contributed by atoms with Gasteiger partial charge in [0, 0.05) is 0 Å². The molecule has 0 unspecified atom stereocenters. The van der Waals surface area contributed by atoms with Crippen LogP contribution < -0.4 is 10.1 Å². The van der Waals surface area contributed by atoms with Crippen LogP contribution in [0.3, 0.4) is 0 Å². The molecule has 7 nitrogen and oxygen atoms in total. The summed E-state index contributed by atoms with van der Waals surface area (Å²) in [5, 5.41) is 1.91. The lowest BCUT2D eigenvalue weighted by atomic mass is 10.2. The first-order valence-corrected chi connectivity index (χ1v) is 7.96. The summed E-state index contributed by atoms with van der Waals surface area (Å²) < 4.78 is 27.8. The van der Waals surface area contributed by atoms with Crippen molar-refractivity contribution in [3.8, 4) is 5.75 Å². The number of rotatable bonds is 6. The second-order valence-electron chi connectivity index (χ2n) is 5.47. The zero-order chi connectivity index (χ0) is 19.8. The van der Waals surface area contributed by atoms with Gasteiger partial charge in [-0.1, -0.05) is 18.2 Å². The standard InChI is InChI=1S/C19H18FNO6/c1-12(17(22)21-19(24)25-2)27-18(23)14-4-3-5-16(10-14)26-11-13-6-8-15(20)9-7-13/h3-10,12H,11H2,1-2H3,(H,21,22,24)/t12-/m0/s1. The zero-order valence-electron chi connectivity index (χ0n) is 14.7. The summed E-state index contributed by atoms with van der Waals surface area (Å²) in [5.41, 5.74) is 0.932. The Morgan fingerprint density at radius 1 is 1.11 bits per heavy atom. The molecule has 0 aromatic heterocycles. The molecule has 0 saturated heterocycles. The minimum absolute atomic E-state index is 0.171. The lowest BCUT2D eigenvalue weighted by Gasteiger charge is -2.13. The van der Waals surface area contributed by atoms with Gasteiger partial charge in [-0.25, -0.2) is 14.0 Å². The van der Waals surface area contributed by atoms with E-state index in [9.17, 15) is 18.8 Å². The fourth-order valence-electron chi connectivity index (χ4n) is 2.00. The first-order valence-electron chi connectivity index (χ1n) is 7.96. The van der Waals surface area contributed by atoms with Gasteiger partial charge in [0.2, 0.25) is 0 Å². The van der Waals surface area contributed by atoms with E-state index in [1.54, 1.807) is 24.3 Å². The summed E-state index contributed by atoms with van der Waals surface area (Å²) in [6.45, 7) is 1.52. The zero-order valence-corrected chi connectivity index (χ0v) is 14.7. The molecule has 0 spiro atoms. The maximum Gasteiger partial charge on any atom is 0.413 e. The molecule has 27 heavy (non-hydrogen) atoms. The number of halogens is 1. The Bertz CT molecular complexity index is 821. The molecule has 0 heterocycles. The lowest BCUT2D eigenvalue weighted by molar-refractivity contribution is -0.128. The van der Waals surface area contributed by atoms with E-state index in [4.69, 9.17) is 9.47 Å². The molecule has 2 aromatic carbocycles. The molecular formula is C19H18FNO6. The van der Waals surface area contributed by atoms with Crippen LogP contribution in [-0.2, 0) is 20.9 Å². The monoisotopic (exact) mass is 375 g/mol. The SMILES string of the molecule is COC(=O)NC(=O)[C@H](C)OC(=O)c1cccc(OCc2ccc(F)cc2)c1. The fourth-order valence-corrected chi connectivity index (χ4v) is 2.00. The molecule has 2 amide bonds. The summed E-state index contributed by atoms with van der Waals surface area (Å²) in [4.78, 5) is 34.9. The highest BCUT2D eigenvalue weighted by atomic mass is 19.1. The molecule has 0 bridgehead atoms. The second kappa shape index (κ2) is 9.33. The van der Waals surface area contributed by atoms with E-state index >= 15 is 0 Å². The molecule has 0 aliphatic rings. The number of benzene rings is 2. The van der Waals surface area contributed by atoms with E-state index in [0.29, 0.717) is 5.75 Å². The average molecular weight is 375 g/mol. The number of hydrogen-bond donors (Lipinski definition) is 1. The Morgan fingerprint density at radius 2 is 1.81 bits per heavy atom. The first kappa shape index (κ1) is 19.9. The number of alkyl carbamates (subject to hydrolysis) is 1. The molecule has 2 rings (SSSR count). The minimum atomic E-state index is -1.19. The largest absolute Gasteiger partial charge is 0.489 e. The molecule has 0 aliphatic carbocycles. The highest BCUT2D eigenvalue weighted by Gasteiger charge is 2.21. The van der Waals surface area contributed by atoms with E-state index in [0.717, 1.165) is 12.7 Å². The van der Waals surface area contributed by atoms with Crippen molar-refractivity contribution in [2.75, 3.05) is 7.11 Å². The Hall–Kier alpha value is -3.42. The van der Waals surface area contributed by atoms with E-state index in [-0.39, 0.29) is 18.0 Å². The number of nitrogens with one attached hydrogen (secondary N) is 1. The van der Waals surface area contributed by atoms with Gasteiger partial charge in [0.1, 0.15) is 18.2 Å². The van der Waals surface area contributed by atoms with Crippen molar-refractivity contribution >= 4 is 18.0 Å². The van der Waals surface area contributed by atoms with Gasteiger partial charge < -0.3 is 14.2 Å². The number of methoxy groups -OCH3 is 1. The lowest BCUT2D eigenvalue weighted by Crippen LogP contribution is -2.39. The van der Waals surface area contributed by atoms with Crippen LogP contribution in [0, 0.1) is 5.82 Å². The van der Waals surface area contributed by atoms with E-state index in [2.05, 4.69) is 4.74 Å². The maximum atomic E-state index is 12.9. The van der Waals surface area contributed by atoms with Crippen molar-refractivity contribution in [3.05, 3.63) is 65.5 Å². The molecule has 1 atom stereocenters. The number of imide groups is 1. The minimum Gasteiger partial charge on any atom is -0.489 e. The van der Waals surface area contributed by atoms with Crippen LogP contribution in [0.1, 0.15) is 22.8 Å². The van der Waals surface area contributed by atoms with E-state index in [1.807, 2.05) is 5.32 Å². The van der Waals surface area contributed by atoms with E-state index in [1.165, 1.54) is 31.2 Å². The Morgan fingerprint density at radius 3 is 2.48 bits per heavy atom. The molecule has 1 N–H and O–H groups in total. The molecule has 2 aromatic rings.